The molecule has 0 amide bonds. The molecule has 0 aliphatic carbocycles. The fourth-order valence-electron chi connectivity index (χ4n) is 1.32. The van der Waals surface area contributed by atoms with E-state index in [9.17, 15) is 0 Å². The van der Waals surface area contributed by atoms with Crippen molar-refractivity contribution in [1.29, 1.82) is 0 Å². The third kappa shape index (κ3) is 5.23. The minimum Gasteiger partial charge on any atom is -0.0928 e. The van der Waals surface area contributed by atoms with E-state index in [-0.39, 0.29) is 0 Å². The molecule has 1 aromatic carbocycles. The molecule has 1 aromatic rings. The maximum Gasteiger partial charge on any atom is 0.00313 e. The summed E-state index contributed by atoms with van der Waals surface area (Å²) in [5, 5.41) is 1.13. The lowest BCUT2D eigenvalue weighted by Gasteiger charge is -1.94. The average Bonchev–Trinajstić information content (AvgIpc) is 2.25. The molecule has 0 unspecified atom stereocenters. The number of unbranched alkanes of at least 4 members (excludes halogenated alkanes) is 3. The van der Waals surface area contributed by atoms with Gasteiger partial charge in [-0.05, 0) is 24.8 Å². The van der Waals surface area contributed by atoms with Gasteiger partial charge in [0.1, 0.15) is 0 Å². The van der Waals surface area contributed by atoms with Gasteiger partial charge in [-0.25, -0.2) is 0 Å². The monoisotopic (exact) mass is 252 g/mol. The number of hydrogen-bond donors (Lipinski definition) is 0. The number of alkyl halides is 1. The van der Waals surface area contributed by atoms with Crippen molar-refractivity contribution in [3.05, 3.63) is 42.0 Å². The van der Waals surface area contributed by atoms with Gasteiger partial charge in [-0.2, -0.15) is 0 Å². The Bertz CT molecular complexity index is 251. The number of halogens is 1. The van der Waals surface area contributed by atoms with Crippen molar-refractivity contribution >= 4 is 22.0 Å². The Hall–Kier alpha value is -0.560. The van der Waals surface area contributed by atoms with Gasteiger partial charge < -0.3 is 0 Å². The summed E-state index contributed by atoms with van der Waals surface area (Å²) in [5.41, 5.74) is 1.30. The molecule has 0 aliphatic rings. The fraction of sp³-hybridized carbons (Fsp3) is 0.385. The number of benzene rings is 1. The molecular weight excluding hydrogens is 236 g/mol. The second kappa shape index (κ2) is 7.81. The second-order valence-corrected chi connectivity index (χ2v) is 4.14. The second-order valence-electron chi connectivity index (χ2n) is 3.35. The molecule has 1 heteroatoms. The number of rotatable bonds is 6. The summed E-state index contributed by atoms with van der Waals surface area (Å²) < 4.78 is 0. The molecule has 14 heavy (non-hydrogen) atoms. The van der Waals surface area contributed by atoms with Crippen LogP contribution in [0.15, 0.2) is 36.4 Å². The van der Waals surface area contributed by atoms with Crippen LogP contribution >= 0.6 is 15.9 Å². The molecule has 0 nitrogen and oxygen atoms in total. The quantitative estimate of drug-likeness (QED) is 0.511. The van der Waals surface area contributed by atoms with Crippen molar-refractivity contribution in [2.24, 2.45) is 0 Å². The van der Waals surface area contributed by atoms with Crippen LogP contribution in [-0.2, 0) is 0 Å². The highest BCUT2D eigenvalue weighted by Crippen LogP contribution is 2.06. The van der Waals surface area contributed by atoms with Gasteiger partial charge in [0.2, 0.25) is 0 Å². The summed E-state index contributed by atoms with van der Waals surface area (Å²) in [7, 11) is 0. The molecule has 0 radical (unpaired) electrons. The van der Waals surface area contributed by atoms with Crippen molar-refractivity contribution in [2.45, 2.75) is 25.7 Å². The lowest BCUT2D eigenvalue weighted by molar-refractivity contribution is 0.738. The van der Waals surface area contributed by atoms with E-state index in [4.69, 9.17) is 0 Å². The summed E-state index contributed by atoms with van der Waals surface area (Å²) in [4.78, 5) is 0. The van der Waals surface area contributed by atoms with E-state index in [1.54, 1.807) is 0 Å². The molecular formula is C13H17Br. The zero-order valence-electron chi connectivity index (χ0n) is 8.45. The van der Waals surface area contributed by atoms with Gasteiger partial charge in [-0.1, -0.05) is 64.8 Å². The van der Waals surface area contributed by atoms with E-state index in [1.807, 2.05) is 6.07 Å². The minimum atomic E-state index is 1.13. The average molecular weight is 253 g/mol. The van der Waals surface area contributed by atoms with Crippen molar-refractivity contribution in [3.8, 4) is 0 Å². The molecule has 0 aromatic heterocycles. The van der Waals surface area contributed by atoms with Gasteiger partial charge in [0, 0.05) is 5.33 Å². The topological polar surface area (TPSA) is 0 Å². The molecule has 1 rings (SSSR count). The molecule has 76 valence electrons. The van der Waals surface area contributed by atoms with Crippen LogP contribution < -0.4 is 0 Å². The Balaban J connectivity index is 2.15. The Morgan fingerprint density at radius 1 is 1.00 bits per heavy atom. The molecule has 0 atom stereocenters. The van der Waals surface area contributed by atoms with Gasteiger partial charge in [0.25, 0.3) is 0 Å². The maximum atomic E-state index is 3.44. The first kappa shape index (κ1) is 11.5. The van der Waals surface area contributed by atoms with Crippen LogP contribution in [0.1, 0.15) is 31.2 Å². The van der Waals surface area contributed by atoms with E-state index in [0.717, 1.165) is 5.33 Å². The lowest BCUT2D eigenvalue weighted by atomic mass is 10.1. The van der Waals surface area contributed by atoms with Crippen LogP contribution in [0.2, 0.25) is 0 Å². The molecule has 0 saturated carbocycles. The Morgan fingerprint density at radius 2 is 1.79 bits per heavy atom. The zero-order valence-corrected chi connectivity index (χ0v) is 10.0. The van der Waals surface area contributed by atoms with Crippen molar-refractivity contribution in [3.63, 3.8) is 0 Å². The Labute approximate surface area is 95.2 Å². The molecule has 0 heterocycles. The Kier molecular flexibility index (Phi) is 6.42. The van der Waals surface area contributed by atoms with Crippen LogP contribution in [0.5, 0.6) is 0 Å². The fourth-order valence-corrected chi connectivity index (χ4v) is 1.71. The standard InChI is InChI=1S/C13H17Br/c14-12-8-3-1-2-5-9-13-10-6-4-7-11-13/h4-7,9-11H,1-3,8,12H2. The third-order valence-corrected chi connectivity index (χ3v) is 2.68. The van der Waals surface area contributed by atoms with Gasteiger partial charge in [0.05, 0.1) is 0 Å². The normalized spacial score (nSPS) is 10.9. The molecule has 0 fully saturated rings. The van der Waals surface area contributed by atoms with Crippen molar-refractivity contribution in [1.82, 2.24) is 0 Å². The summed E-state index contributed by atoms with van der Waals surface area (Å²) >= 11 is 3.44. The van der Waals surface area contributed by atoms with Crippen LogP contribution in [0.4, 0.5) is 0 Å². The highest BCUT2D eigenvalue weighted by atomic mass is 79.9. The van der Waals surface area contributed by atoms with Crippen molar-refractivity contribution in [2.75, 3.05) is 5.33 Å². The maximum absolute atomic E-state index is 3.44. The zero-order chi connectivity index (χ0) is 10.1. The van der Waals surface area contributed by atoms with E-state index < -0.39 is 0 Å². The number of allylic oxidation sites excluding steroid dienone is 1. The van der Waals surface area contributed by atoms with Gasteiger partial charge in [0.15, 0.2) is 0 Å². The van der Waals surface area contributed by atoms with Crippen LogP contribution in [0.25, 0.3) is 6.08 Å². The van der Waals surface area contributed by atoms with E-state index in [1.165, 1.54) is 31.2 Å². The first-order valence-electron chi connectivity index (χ1n) is 5.21. The third-order valence-electron chi connectivity index (χ3n) is 2.11. The first-order chi connectivity index (χ1) is 6.93. The van der Waals surface area contributed by atoms with Crippen molar-refractivity contribution < 1.29 is 0 Å². The van der Waals surface area contributed by atoms with Crippen LogP contribution in [-0.4, -0.2) is 5.33 Å². The molecule has 0 saturated heterocycles. The summed E-state index contributed by atoms with van der Waals surface area (Å²) in [6, 6.07) is 10.5. The van der Waals surface area contributed by atoms with Crippen LogP contribution in [0.3, 0.4) is 0 Å². The van der Waals surface area contributed by atoms with Gasteiger partial charge in [-0.3, -0.25) is 0 Å². The highest BCUT2D eigenvalue weighted by molar-refractivity contribution is 9.09. The number of hydrogen-bond acceptors (Lipinski definition) is 0. The van der Waals surface area contributed by atoms with Crippen LogP contribution in [0, 0.1) is 0 Å². The summed E-state index contributed by atoms with van der Waals surface area (Å²) in [6.45, 7) is 0. The van der Waals surface area contributed by atoms with E-state index in [2.05, 4.69) is 52.3 Å². The molecule has 0 spiro atoms. The smallest absolute Gasteiger partial charge is 0.00313 e. The minimum absolute atomic E-state index is 1.13. The molecule has 0 bridgehead atoms. The molecule has 0 aliphatic heterocycles. The summed E-state index contributed by atoms with van der Waals surface area (Å²) in [6.07, 6.45) is 9.58. The SMILES string of the molecule is BrCCCCCC=Cc1ccccc1. The van der Waals surface area contributed by atoms with Gasteiger partial charge in [-0.15, -0.1) is 0 Å². The van der Waals surface area contributed by atoms with E-state index in [0.29, 0.717) is 0 Å². The summed E-state index contributed by atoms with van der Waals surface area (Å²) in [5.74, 6) is 0. The lowest BCUT2D eigenvalue weighted by Crippen LogP contribution is -1.76. The first-order valence-corrected chi connectivity index (χ1v) is 6.33. The molecule has 0 N–H and O–H groups in total. The van der Waals surface area contributed by atoms with Gasteiger partial charge >= 0.3 is 0 Å². The largest absolute Gasteiger partial charge is 0.0928 e. The Morgan fingerprint density at radius 3 is 2.50 bits per heavy atom. The highest BCUT2D eigenvalue weighted by Gasteiger charge is 1.85. The predicted molar refractivity (Wildman–Crippen MR) is 67.7 cm³/mol. The van der Waals surface area contributed by atoms with E-state index >= 15 is 0 Å². The predicted octanol–water partition coefficient (Wildman–Crippen LogP) is 4.66.